The van der Waals surface area contributed by atoms with Crippen LogP contribution in [0.1, 0.15) is 0 Å². The number of hydrogen-bond donors (Lipinski definition) is 1. The van der Waals surface area contributed by atoms with E-state index in [2.05, 4.69) is 72.3 Å². The number of aryl methyl sites for hydroxylation is 1. The van der Waals surface area contributed by atoms with Gasteiger partial charge >= 0.3 is 0 Å². The highest BCUT2D eigenvalue weighted by molar-refractivity contribution is 6.07. The van der Waals surface area contributed by atoms with Crippen molar-refractivity contribution in [2.75, 3.05) is 39.6 Å². The van der Waals surface area contributed by atoms with Crippen molar-refractivity contribution >= 4 is 21.8 Å². The van der Waals surface area contributed by atoms with E-state index in [-0.39, 0.29) is 6.61 Å². The molecule has 31 heavy (non-hydrogen) atoms. The van der Waals surface area contributed by atoms with Crippen molar-refractivity contribution in [3.63, 3.8) is 0 Å². The largest absolute Gasteiger partial charge is 0.491 e. The maximum Gasteiger partial charge on any atom is 0.213 e. The maximum atomic E-state index is 8.65. The van der Waals surface area contributed by atoms with Crippen LogP contribution in [0.15, 0.2) is 72.8 Å². The van der Waals surface area contributed by atoms with E-state index < -0.39 is 0 Å². The summed E-state index contributed by atoms with van der Waals surface area (Å²) in [5.41, 5.74) is 4.81. The number of rotatable bonds is 10. The first-order chi connectivity index (χ1) is 15.3. The van der Waals surface area contributed by atoms with E-state index in [0.29, 0.717) is 33.0 Å². The second-order valence-corrected chi connectivity index (χ2v) is 7.29. The highest BCUT2D eigenvalue weighted by Gasteiger charge is 2.18. The smallest absolute Gasteiger partial charge is 0.213 e. The number of benzene rings is 3. The van der Waals surface area contributed by atoms with Crippen molar-refractivity contribution in [2.45, 2.75) is 0 Å². The lowest BCUT2D eigenvalue weighted by Crippen LogP contribution is -2.30. The molecule has 0 bridgehead atoms. The average molecular weight is 419 g/mol. The lowest BCUT2D eigenvalue weighted by Gasteiger charge is -2.12. The number of ether oxygens (including phenoxy) is 3. The Morgan fingerprint density at radius 1 is 0.677 bits per heavy atom. The van der Waals surface area contributed by atoms with Crippen LogP contribution in [0, 0.1) is 0 Å². The predicted molar refractivity (Wildman–Crippen MR) is 122 cm³/mol. The van der Waals surface area contributed by atoms with Crippen molar-refractivity contribution in [1.29, 1.82) is 0 Å². The molecule has 0 saturated heterocycles. The zero-order valence-electron chi connectivity index (χ0n) is 17.8. The third kappa shape index (κ3) is 4.85. The molecule has 0 aliphatic heterocycles. The molecule has 0 aliphatic rings. The third-order valence-electron chi connectivity index (χ3n) is 5.32. The Labute approximate surface area is 182 Å². The molecule has 160 valence electrons. The van der Waals surface area contributed by atoms with Crippen molar-refractivity contribution in [3.8, 4) is 16.9 Å². The molecular formula is C26H28NO4+. The molecule has 0 aliphatic carbocycles. The summed E-state index contributed by atoms with van der Waals surface area (Å²) in [6.07, 6.45) is 0. The molecule has 4 rings (SSSR count). The molecule has 5 nitrogen and oxygen atoms in total. The second kappa shape index (κ2) is 10.4. The van der Waals surface area contributed by atoms with E-state index in [0.717, 1.165) is 11.3 Å². The van der Waals surface area contributed by atoms with Crippen molar-refractivity contribution in [2.24, 2.45) is 7.05 Å². The van der Waals surface area contributed by atoms with Gasteiger partial charge in [-0.3, -0.25) is 0 Å². The molecule has 5 heteroatoms. The number of pyridine rings is 1. The second-order valence-electron chi connectivity index (χ2n) is 7.29. The van der Waals surface area contributed by atoms with Gasteiger partial charge in [-0.2, -0.15) is 4.57 Å². The summed E-state index contributed by atoms with van der Waals surface area (Å²) in [4.78, 5) is 0. The molecule has 0 atom stereocenters. The predicted octanol–water partition coefficient (Wildman–Crippen LogP) is 3.89. The van der Waals surface area contributed by atoms with Gasteiger partial charge in [-0.1, -0.05) is 36.4 Å². The fraction of sp³-hybridized carbons (Fsp3) is 0.269. The van der Waals surface area contributed by atoms with E-state index in [1.165, 1.54) is 27.4 Å². The Morgan fingerprint density at radius 2 is 1.23 bits per heavy atom. The van der Waals surface area contributed by atoms with Gasteiger partial charge in [-0.25, -0.2) is 0 Å². The summed E-state index contributed by atoms with van der Waals surface area (Å²) in [6, 6.07) is 25.3. The molecular weight excluding hydrogens is 390 g/mol. The molecule has 3 aromatic carbocycles. The first-order valence-electron chi connectivity index (χ1n) is 10.6. The van der Waals surface area contributed by atoms with Gasteiger partial charge in [0.05, 0.1) is 43.8 Å². The monoisotopic (exact) mass is 418 g/mol. The van der Waals surface area contributed by atoms with Crippen molar-refractivity contribution in [3.05, 3.63) is 72.8 Å². The minimum atomic E-state index is 0.0338. The third-order valence-corrected chi connectivity index (χ3v) is 5.32. The SMILES string of the molecule is C[n+]1c2ccccc2c(-c2ccc(OCCOCCOCCO)cc2)c2ccccc21. The van der Waals surface area contributed by atoms with Gasteiger partial charge in [0.15, 0.2) is 0 Å². The Kier molecular flexibility index (Phi) is 7.10. The Hall–Kier alpha value is -2.99. The highest BCUT2D eigenvalue weighted by atomic mass is 16.5. The first-order valence-corrected chi connectivity index (χ1v) is 10.6. The van der Waals surface area contributed by atoms with E-state index >= 15 is 0 Å². The fourth-order valence-corrected chi connectivity index (χ4v) is 3.86. The molecule has 0 spiro atoms. The van der Waals surface area contributed by atoms with Crippen LogP contribution in [0.5, 0.6) is 5.75 Å². The van der Waals surface area contributed by atoms with Gasteiger partial charge in [0.2, 0.25) is 11.0 Å². The normalized spacial score (nSPS) is 11.3. The minimum Gasteiger partial charge on any atom is -0.491 e. The highest BCUT2D eigenvalue weighted by Crippen LogP contribution is 2.34. The zero-order valence-corrected chi connectivity index (χ0v) is 17.8. The summed E-state index contributed by atoms with van der Waals surface area (Å²) in [7, 11) is 2.12. The average Bonchev–Trinajstić information content (AvgIpc) is 2.82. The fourth-order valence-electron chi connectivity index (χ4n) is 3.86. The van der Waals surface area contributed by atoms with E-state index in [4.69, 9.17) is 19.3 Å². The van der Waals surface area contributed by atoms with Crippen LogP contribution < -0.4 is 9.30 Å². The lowest BCUT2D eigenvalue weighted by molar-refractivity contribution is -0.617. The molecule has 0 radical (unpaired) electrons. The van der Waals surface area contributed by atoms with Gasteiger partial charge in [0, 0.05) is 17.7 Å². The van der Waals surface area contributed by atoms with Gasteiger partial charge in [0.25, 0.3) is 0 Å². The Morgan fingerprint density at radius 3 is 1.84 bits per heavy atom. The van der Waals surface area contributed by atoms with Gasteiger partial charge in [-0.05, 0) is 29.8 Å². The van der Waals surface area contributed by atoms with E-state index in [1.54, 1.807) is 0 Å². The van der Waals surface area contributed by atoms with E-state index in [1.807, 2.05) is 12.1 Å². The molecule has 0 amide bonds. The minimum absolute atomic E-state index is 0.0338. The van der Waals surface area contributed by atoms with Crippen LogP contribution in [-0.4, -0.2) is 44.7 Å². The van der Waals surface area contributed by atoms with Crippen LogP contribution in [0.25, 0.3) is 32.9 Å². The molecule has 4 aromatic rings. The summed E-state index contributed by atoms with van der Waals surface area (Å²) >= 11 is 0. The van der Waals surface area contributed by atoms with Crippen molar-refractivity contribution < 1.29 is 23.9 Å². The topological polar surface area (TPSA) is 51.8 Å². The standard InChI is InChI=1S/C26H28NO4/c1-27-24-8-4-2-6-22(24)26(23-7-3-5-9-25(23)27)20-10-12-21(13-11-20)31-19-18-30-17-16-29-15-14-28/h2-13,28H,14-19H2,1H3/q+1. The Bertz CT molecular complexity index is 1080. The number of aromatic nitrogens is 1. The van der Waals surface area contributed by atoms with Crippen LogP contribution in [0.2, 0.25) is 0 Å². The number of nitrogens with zero attached hydrogens (tertiary/aromatic N) is 1. The number of aliphatic hydroxyl groups is 1. The quantitative estimate of drug-likeness (QED) is 0.241. The Balaban J connectivity index is 1.50. The number of hydrogen-bond acceptors (Lipinski definition) is 4. The van der Waals surface area contributed by atoms with E-state index in [9.17, 15) is 0 Å². The lowest BCUT2D eigenvalue weighted by atomic mass is 9.96. The van der Waals surface area contributed by atoms with Crippen molar-refractivity contribution in [1.82, 2.24) is 0 Å². The van der Waals surface area contributed by atoms with Crippen LogP contribution in [-0.2, 0) is 16.5 Å². The molecule has 1 heterocycles. The number of fused-ring (bicyclic) bond motifs is 2. The summed E-state index contributed by atoms with van der Waals surface area (Å²) in [6.45, 7) is 2.32. The van der Waals surface area contributed by atoms with Crippen LogP contribution in [0.4, 0.5) is 0 Å². The maximum absolute atomic E-state index is 8.65. The molecule has 0 fully saturated rings. The molecule has 1 aromatic heterocycles. The molecule has 1 N–H and O–H groups in total. The number of aliphatic hydroxyl groups excluding tert-OH is 1. The van der Waals surface area contributed by atoms with Gasteiger partial charge in [-0.15, -0.1) is 0 Å². The number of para-hydroxylation sites is 2. The first kappa shape index (κ1) is 21.2. The zero-order chi connectivity index (χ0) is 21.5. The van der Waals surface area contributed by atoms with Crippen LogP contribution in [0.3, 0.4) is 0 Å². The summed E-state index contributed by atoms with van der Waals surface area (Å²) in [5.74, 6) is 0.818. The molecule has 0 unspecified atom stereocenters. The summed E-state index contributed by atoms with van der Waals surface area (Å²) < 4.78 is 18.7. The molecule has 0 saturated carbocycles. The van der Waals surface area contributed by atoms with Gasteiger partial charge in [0.1, 0.15) is 19.4 Å². The summed E-state index contributed by atoms with van der Waals surface area (Å²) in [5, 5.41) is 11.1. The van der Waals surface area contributed by atoms with Crippen LogP contribution >= 0.6 is 0 Å². The van der Waals surface area contributed by atoms with Gasteiger partial charge < -0.3 is 19.3 Å².